The molecule has 0 saturated heterocycles. The predicted octanol–water partition coefficient (Wildman–Crippen LogP) is 5.43. The van der Waals surface area contributed by atoms with Gasteiger partial charge in [-0.2, -0.15) is 0 Å². The average molecular weight is 496 g/mol. The quantitative estimate of drug-likeness (QED) is 0.280. The van der Waals surface area contributed by atoms with E-state index in [1.807, 2.05) is 30.3 Å². The van der Waals surface area contributed by atoms with Crippen LogP contribution in [-0.4, -0.2) is 43.0 Å². The summed E-state index contributed by atoms with van der Waals surface area (Å²) >= 11 is 6.34. The molecule has 0 aliphatic rings. The highest BCUT2D eigenvalue weighted by atomic mass is 35.5. The molecule has 3 rings (SSSR count). The summed E-state index contributed by atoms with van der Waals surface area (Å²) in [6, 6.07) is 18.9. The number of para-hydroxylation sites is 1. The number of halogens is 1. The minimum atomic E-state index is -0.501. The molecule has 0 fully saturated rings. The second kappa shape index (κ2) is 12.6. The van der Waals surface area contributed by atoms with E-state index in [0.29, 0.717) is 23.7 Å². The summed E-state index contributed by atoms with van der Waals surface area (Å²) < 4.78 is 5.75. The third-order valence-corrected chi connectivity index (χ3v) is 5.78. The van der Waals surface area contributed by atoms with Gasteiger partial charge < -0.3 is 31.3 Å². The molecule has 0 saturated carbocycles. The number of nitrogens with one attached hydrogen (secondary N) is 3. The highest BCUT2D eigenvalue weighted by Crippen LogP contribution is 2.31. The lowest BCUT2D eigenvalue weighted by atomic mass is 10.1. The van der Waals surface area contributed by atoms with Crippen molar-refractivity contribution in [1.82, 2.24) is 10.2 Å². The van der Waals surface area contributed by atoms with E-state index >= 15 is 0 Å². The number of benzene rings is 3. The molecule has 3 aromatic carbocycles. The first-order valence-electron chi connectivity index (χ1n) is 11.4. The van der Waals surface area contributed by atoms with Gasteiger partial charge in [-0.15, -0.1) is 0 Å². The van der Waals surface area contributed by atoms with Crippen molar-refractivity contribution in [1.29, 1.82) is 0 Å². The molecule has 0 bridgehead atoms. The molecule has 5 N–H and O–H groups in total. The van der Waals surface area contributed by atoms with Gasteiger partial charge in [0.15, 0.2) is 0 Å². The highest BCUT2D eigenvalue weighted by Gasteiger charge is 2.16. The van der Waals surface area contributed by atoms with Crippen molar-refractivity contribution in [3.63, 3.8) is 0 Å². The van der Waals surface area contributed by atoms with Gasteiger partial charge >= 0.3 is 6.03 Å². The smallest absolute Gasteiger partial charge is 0.323 e. The van der Waals surface area contributed by atoms with Gasteiger partial charge in [-0.05, 0) is 61.6 Å². The number of urea groups is 1. The molecule has 0 unspecified atom stereocenters. The topological polar surface area (TPSA) is 109 Å². The lowest BCUT2D eigenvalue weighted by molar-refractivity contribution is 0.0950. The van der Waals surface area contributed by atoms with Crippen LogP contribution in [0.5, 0.6) is 11.5 Å². The average Bonchev–Trinajstić information content (AvgIpc) is 2.86. The lowest BCUT2D eigenvalue weighted by Gasteiger charge is -2.18. The van der Waals surface area contributed by atoms with Crippen molar-refractivity contribution in [2.75, 3.05) is 42.5 Å². The van der Waals surface area contributed by atoms with E-state index in [4.69, 9.17) is 22.1 Å². The van der Waals surface area contributed by atoms with Gasteiger partial charge in [-0.3, -0.25) is 4.79 Å². The summed E-state index contributed by atoms with van der Waals surface area (Å²) in [4.78, 5) is 27.2. The van der Waals surface area contributed by atoms with Crippen LogP contribution in [0.25, 0.3) is 0 Å². The van der Waals surface area contributed by atoms with Crippen molar-refractivity contribution in [2.24, 2.45) is 0 Å². The molecular weight excluding hydrogens is 466 g/mol. The second-order valence-corrected chi connectivity index (χ2v) is 8.07. The fourth-order valence-electron chi connectivity index (χ4n) is 3.37. The van der Waals surface area contributed by atoms with Crippen LogP contribution in [0.3, 0.4) is 0 Å². The van der Waals surface area contributed by atoms with E-state index in [1.165, 1.54) is 0 Å². The number of rotatable bonds is 10. The van der Waals surface area contributed by atoms with Crippen molar-refractivity contribution >= 4 is 40.6 Å². The number of nitrogen functional groups attached to an aromatic ring is 1. The summed E-state index contributed by atoms with van der Waals surface area (Å²) in [5, 5.41) is 8.34. The van der Waals surface area contributed by atoms with Gasteiger partial charge in [0, 0.05) is 18.8 Å². The molecule has 9 heteroatoms. The van der Waals surface area contributed by atoms with Crippen LogP contribution in [0.2, 0.25) is 5.02 Å². The zero-order valence-electron chi connectivity index (χ0n) is 19.8. The first-order valence-corrected chi connectivity index (χ1v) is 11.8. The largest absolute Gasteiger partial charge is 0.457 e. The Hall–Kier alpha value is -3.75. The molecule has 0 radical (unpaired) electrons. The number of carbonyl (C=O) groups is 2. The number of hydrogen-bond acceptors (Lipinski definition) is 5. The number of hydrogen-bond donors (Lipinski definition) is 4. The maximum atomic E-state index is 12.5. The molecule has 0 atom stereocenters. The van der Waals surface area contributed by atoms with E-state index in [-0.39, 0.29) is 22.2 Å². The van der Waals surface area contributed by atoms with Crippen LogP contribution in [0.15, 0.2) is 66.7 Å². The van der Waals surface area contributed by atoms with Gasteiger partial charge in [-0.25, -0.2) is 4.79 Å². The van der Waals surface area contributed by atoms with E-state index in [0.717, 1.165) is 25.4 Å². The normalized spacial score (nSPS) is 10.6. The SMILES string of the molecule is CCN(CC)CCNC(=O)c1ccc(NC(=O)Nc2ccc(Oc3ccccc3)cc2)c(Cl)c1N. The van der Waals surface area contributed by atoms with E-state index in [1.54, 1.807) is 36.4 Å². The minimum Gasteiger partial charge on any atom is -0.457 e. The minimum absolute atomic E-state index is 0.100. The number of anilines is 3. The fourth-order valence-corrected chi connectivity index (χ4v) is 3.58. The van der Waals surface area contributed by atoms with Gasteiger partial charge in [0.05, 0.1) is 22.0 Å². The molecule has 8 nitrogen and oxygen atoms in total. The van der Waals surface area contributed by atoms with Crippen LogP contribution in [0.4, 0.5) is 21.9 Å². The summed E-state index contributed by atoms with van der Waals surface area (Å²) in [5.41, 5.74) is 7.31. The molecule has 3 amide bonds. The maximum absolute atomic E-state index is 12.5. The Morgan fingerprint density at radius 2 is 1.57 bits per heavy atom. The van der Waals surface area contributed by atoms with Crippen LogP contribution >= 0.6 is 11.6 Å². The first-order chi connectivity index (χ1) is 16.9. The van der Waals surface area contributed by atoms with Gasteiger partial charge in [0.1, 0.15) is 11.5 Å². The molecule has 0 aliphatic carbocycles. The zero-order chi connectivity index (χ0) is 25.2. The van der Waals surface area contributed by atoms with E-state index in [2.05, 4.69) is 34.7 Å². The molecule has 184 valence electrons. The van der Waals surface area contributed by atoms with Gasteiger partial charge in [0.25, 0.3) is 5.91 Å². The Morgan fingerprint density at radius 1 is 0.914 bits per heavy atom. The fraction of sp³-hybridized carbons (Fsp3) is 0.231. The molecular formula is C26H30ClN5O3. The number of ether oxygens (including phenoxy) is 1. The number of carbonyl (C=O) groups excluding carboxylic acids is 2. The van der Waals surface area contributed by atoms with Crippen molar-refractivity contribution in [3.8, 4) is 11.5 Å². The Kier molecular flexibility index (Phi) is 9.34. The van der Waals surface area contributed by atoms with E-state index < -0.39 is 6.03 Å². The third-order valence-electron chi connectivity index (χ3n) is 5.37. The summed E-state index contributed by atoms with van der Waals surface area (Å²) in [6.07, 6.45) is 0. The Morgan fingerprint density at radius 3 is 2.23 bits per heavy atom. The monoisotopic (exact) mass is 495 g/mol. The zero-order valence-corrected chi connectivity index (χ0v) is 20.6. The van der Waals surface area contributed by atoms with Crippen LogP contribution in [-0.2, 0) is 0 Å². The van der Waals surface area contributed by atoms with Gasteiger partial charge in [0.2, 0.25) is 0 Å². The Labute approximate surface area is 210 Å². The predicted molar refractivity (Wildman–Crippen MR) is 142 cm³/mol. The number of nitrogens with zero attached hydrogens (tertiary/aromatic N) is 1. The van der Waals surface area contributed by atoms with Crippen molar-refractivity contribution in [2.45, 2.75) is 13.8 Å². The van der Waals surface area contributed by atoms with Crippen molar-refractivity contribution in [3.05, 3.63) is 77.3 Å². The Balaban J connectivity index is 1.56. The van der Waals surface area contributed by atoms with Crippen LogP contribution in [0.1, 0.15) is 24.2 Å². The van der Waals surface area contributed by atoms with Gasteiger partial charge in [-0.1, -0.05) is 43.6 Å². The standard InChI is InChI=1S/C26H30ClN5O3/c1-3-32(4-2)17-16-29-25(33)21-14-15-22(23(27)24(21)28)31-26(34)30-18-10-12-20(13-11-18)35-19-8-6-5-7-9-19/h5-15H,3-4,16-17,28H2,1-2H3,(H,29,33)(H2,30,31,34). The molecule has 0 aromatic heterocycles. The molecule has 0 spiro atoms. The lowest BCUT2D eigenvalue weighted by Crippen LogP contribution is -2.35. The molecule has 0 aliphatic heterocycles. The molecule has 35 heavy (non-hydrogen) atoms. The van der Waals surface area contributed by atoms with E-state index in [9.17, 15) is 9.59 Å². The van der Waals surface area contributed by atoms with Crippen LogP contribution < -0.4 is 26.4 Å². The third kappa shape index (κ3) is 7.37. The van der Waals surface area contributed by atoms with Crippen LogP contribution in [0, 0.1) is 0 Å². The number of amides is 3. The number of likely N-dealkylation sites (N-methyl/N-ethyl adjacent to an activating group) is 1. The molecule has 3 aromatic rings. The summed E-state index contributed by atoms with van der Waals surface area (Å²) in [5.74, 6) is 1.05. The summed E-state index contributed by atoms with van der Waals surface area (Å²) in [6.45, 7) is 7.20. The van der Waals surface area contributed by atoms with Crippen molar-refractivity contribution < 1.29 is 14.3 Å². The molecule has 0 heterocycles. The first kappa shape index (κ1) is 25.9. The maximum Gasteiger partial charge on any atom is 0.323 e. The number of nitrogens with two attached hydrogens (primary N) is 1. The second-order valence-electron chi connectivity index (χ2n) is 7.69. The highest BCUT2D eigenvalue weighted by molar-refractivity contribution is 6.37. The Bertz CT molecular complexity index is 1140. The summed E-state index contributed by atoms with van der Waals surface area (Å²) in [7, 11) is 0.